The summed E-state index contributed by atoms with van der Waals surface area (Å²) in [5, 5.41) is 7.82. The number of imidazole rings is 1. The quantitative estimate of drug-likeness (QED) is 0.331. The van der Waals surface area contributed by atoms with Crippen molar-refractivity contribution in [2.75, 3.05) is 0 Å². The van der Waals surface area contributed by atoms with E-state index in [1.807, 2.05) is 18.6 Å². The molecule has 0 N–H and O–H groups in total. The molecule has 2 nitrogen and oxygen atoms in total. The second-order valence-corrected chi connectivity index (χ2v) is 6.99. The molecule has 2 heteroatoms. The lowest BCUT2D eigenvalue weighted by Crippen LogP contribution is -1.96. The topological polar surface area (TPSA) is 17.8 Å². The van der Waals surface area contributed by atoms with Gasteiger partial charge in [-0.15, -0.1) is 0 Å². The van der Waals surface area contributed by atoms with Crippen LogP contribution in [0.4, 0.5) is 0 Å². The van der Waals surface area contributed by atoms with Gasteiger partial charge in [0.05, 0.1) is 18.2 Å². The highest BCUT2D eigenvalue weighted by Crippen LogP contribution is 2.36. The first kappa shape index (κ1) is 14.5. The van der Waals surface area contributed by atoms with Gasteiger partial charge < -0.3 is 0 Å². The predicted octanol–water partition coefficient (Wildman–Crippen LogP) is 6.44. The Kier molecular flexibility index (Phi) is 2.91. The summed E-state index contributed by atoms with van der Waals surface area (Å²) in [5.41, 5.74) is 3.40. The molecule has 0 amide bonds. The van der Waals surface area contributed by atoms with Crippen LogP contribution in [0, 0.1) is 0 Å². The Morgan fingerprint density at radius 1 is 0.593 bits per heavy atom. The molecule has 0 atom stereocenters. The van der Waals surface area contributed by atoms with Crippen molar-refractivity contribution in [3.05, 3.63) is 97.5 Å². The lowest BCUT2D eigenvalue weighted by atomic mass is 9.94. The van der Waals surface area contributed by atoms with Crippen LogP contribution in [0.1, 0.15) is 0 Å². The van der Waals surface area contributed by atoms with Crippen molar-refractivity contribution in [3.8, 4) is 16.9 Å². The van der Waals surface area contributed by atoms with E-state index in [0.717, 1.165) is 11.4 Å². The number of benzene rings is 5. The predicted molar refractivity (Wildman–Crippen MR) is 113 cm³/mol. The molecule has 27 heavy (non-hydrogen) atoms. The summed E-state index contributed by atoms with van der Waals surface area (Å²) in [4.78, 5) is 4.42. The number of hydrogen-bond acceptors (Lipinski definition) is 1. The summed E-state index contributed by atoms with van der Waals surface area (Å²) in [6.07, 6.45) is 3.83. The fourth-order valence-electron chi connectivity index (χ4n) is 4.20. The summed E-state index contributed by atoms with van der Waals surface area (Å²) in [6, 6.07) is 30.4. The molecule has 0 aliphatic carbocycles. The third-order valence-corrected chi connectivity index (χ3v) is 5.43. The fraction of sp³-hybridized carbons (Fsp3) is 0. The highest BCUT2D eigenvalue weighted by Gasteiger charge is 2.12. The number of rotatable bonds is 2. The molecule has 0 bridgehead atoms. The first-order chi connectivity index (χ1) is 13.4. The second kappa shape index (κ2) is 5.42. The van der Waals surface area contributed by atoms with E-state index in [2.05, 4.69) is 88.4 Å². The third-order valence-electron chi connectivity index (χ3n) is 5.43. The zero-order chi connectivity index (χ0) is 17.8. The molecule has 1 heterocycles. The van der Waals surface area contributed by atoms with Crippen LogP contribution >= 0.6 is 0 Å². The average Bonchev–Trinajstić information content (AvgIpc) is 3.22. The Labute approximate surface area is 156 Å². The highest BCUT2D eigenvalue weighted by atomic mass is 15.0. The molecule has 5 aromatic carbocycles. The Morgan fingerprint density at radius 2 is 1.22 bits per heavy atom. The minimum absolute atomic E-state index is 1.10. The lowest BCUT2D eigenvalue weighted by Gasteiger charge is -2.14. The van der Waals surface area contributed by atoms with Gasteiger partial charge in [-0.05, 0) is 44.5 Å². The molecule has 0 spiro atoms. The van der Waals surface area contributed by atoms with E-state index < -0.39 is 0 Å². The van der Waals surface area contributed by atoms with Crippen LogP contribution in [0.5, 0.6) is 0 Å². The van der Waals surface area contributed by atoms with E-state index in [9.17, 15) is 0 Å². The van der Waals surface area contributed by atoms with Crippen LogP contribution in [0.15, 0.2) is 97.5 Å². The van der Waals surface area contributed by atoms with Crippen molar-refractivity contribution >= 4 is 32.3 Å². The zero-order valence-electron chi connectivity index (χ0n) is 14.6. The summed E-state index contributed by atoms with van der Waals surface area (Å²) in [5.74, 6) is 0. The number of hydrogen-bond donors (Lipinski definition) is 0. The molecule has 1 aromatic heterocycles. The largest absolute Gasteiger partial charge is 0.299 e. The van der Waals surface area contributed by atoms with Crippen molar-refractivity contribution in [1.82, 2.24) is 9.55 Å². The van der Waals surface area contributed by atoms with Gasteiger partial charge in [0.1, 0.15) is 0 Å². The van der Waals surface area contributed by atoms with E-state index in [1.54, 1.807) is 0 Å². The summed E-state index contributed by atoms with van der Waals surface area (Å²) in [7, 11) is 0. The standard InChI is InChI=1S/C25H16N2/c1-2-5-17(6-3-1)23-15-26-16-27(23)22-13-20-11-9-18-7-4-8-19-10-12-21(14-22)25(20)24(18)19/h1-16H. The summed E-state index contributed by atoms with van der Waals surface area (Å²) in [6.45, 7) is 0. The van der Waals surface area contributed by atoms with E-state index in [-0.39, 0.29) is 0 Å². The molecular formula is C25H16N2. The summed E-state index contributed by atoms with van der Waals surface area (Å²) < 4.78 is 2.17. The van der Waals surface area contributed by atoms with Crippen LogP contribution in [-0.2, 0) is 0 Å². The van der Waals surface area contributed by atoms with Gasteiger partial charge in [0.15, 0.2) is 0 Å². The number of aromatic nitrogens is 2. The molecule has 0 saturated heterocycles. The van der Waals surface area contributed by atoms with Crippen molar-refractivity contribution in [3.63, 3.8) is 0 Å². The third kappa shape index (κ3) is 2.10. The minimum atomic E-state index is 1.10. The van der Waals surface area contributed by atoms with Crippen LogP contribution < -0.4 is 0 Å². The molecule has 6 aromatic rings. The van der Waals surface area contributed by atoms with Crippen LogP contribution in [-0.4, -0.2) is 9.55 Å². The van der Waals surface area contributed by atoms with E-state index in [4.69, 9.17) is 0 Å². The van der Waals surface area contributed by atoms with Crippen LogP contribution in [0.25, 0.3) is 49.3 Å². The lowest BCUT2D eigenvalue weighted by molar-refractivity contribution is 1.07. The Hall–Kier alpha value is -3.65. The second-order valence-electron chi connectivity index (χ2n) is 6.99. The first-order valence-electron chi connectivity index (χ1n) is 9.14. The maximum Gasteiger partial charge on any atom is 0.0997 e. The molecule has 0 aliphatic rings. The van der Waals surface area contributed by atoms with Crippen LogP contribution in [0.3, 0.4) is 0 Å². The SMILES string of the molecule is c1ccc(-c2cncn2-c2cc3ccc4cccc5ccc(c2)c3c45)cc1. The molecule has 0 aliphatic heterocycles. The molecule has 0 radical (unpaired) electrons. The van der Waals surface area contributed by atoms with Crippen LogP contribution in [0.2, 0.25) is 0 Å². The Balaban J connectivity index is 1.66. The van der Waals surface area contributed by atoms with E-state index in [0.29, 0.717) is 0 Å². The maximum atomic E-state index is 4.42. The molecule has 0 unspecified atom stereocenters. The van der Waals surface area contributed by atoms with E-state index in [1.165, 1.54) is 37.9 Å². The fourth-order valence-corrected chi connectivity index (χ4v) is 4.20. The maximum absolute atomic E-state index is 4.42. The van der Waals surface area contributed by atoms with Gasteiger partial charge in [-0.25, -0.2) is 4.98 Å². The zero-order valence-corrected chi connectivity index (χ0v) is 14.6. The molecular weight excluding hydrogens is 328 g/mol. The number of nitrogens with zero attached hydrogens (tertiary/aromatic N) is 2. The van der Waals surface area contributed by atoms with Crippen molar-refractivity contribution in [2.24, 2.45) is 0 Å². The Morgan fingerprint density at radius 3 is 1.93 bits per heavy atom. The van der Waals surface area contributed by atoms with Gasteiger partial charge in [0, 0.05) is 11.3 Å². The summed E-state index contributed by atoms with van der Waals surface area (Å²) >= 11 is 0. The molecule has 126 valence electrons. The minimum Gasteiger partial charge on any atom is -0.299 e. The average molecular weight is 344 g/mol. The monoisotopic (exact) mass is 344 g/mol. The van der Waals surface area contributed by atoms with Gasteiger partial charge in [0.2, 0.25) is 0 Å². The van der Waals surface area contributed by atoms with Crippen molar-refractivity contribution < 1.29 is 0 Å². The molecule has 6 rings (SSSR count). The van der Waals surface area contributed by atoms with Crippen molar-refractivity contribution in [1.29, 1.82) is 0 Å². The van der Waals surface area contributed by atoms with Gasteiger partial charge >= 0.3 is 0 Å². The van der Waals surface area contributed by atoms with Gasteiger partial charge in [0.25, 0.3) is 0 Å². The molecule has 0 saturated carbocycles. The van der Waals surface area contributed by atoms with Crippen molar-refractivity contribution in [2.45, 2.75) is 0 Å². The smallest absolute Gasteiger partial charge is 0.0997 e. The van der Waals surface area contributed by atoms with E-state index >= 15 is 0 Å². The van der Waals surface area contributed by atoms with Gasteiger partial charge in [-0.3, -0.25) is 4.57 Å². The Bertz CT molecular complexity index is 1350. The normalized spacial score (nSPS) is 11.7. The van der Waals surface area contributed by atoms with Gasteiger partial charge in [-0.1, -0.05) is 72.8 Å². The first-order valence-corrected chi connectivity index (χ1v) is 9.14. The highest BCUT2D eigenvalue weighted by molar-refractivity contribution is 6.23. The molecule has 0 fully saturated rings. The van der Waals surface area contributed by atoms with Gasteiger partial charge in [-0.2, -0.15) is 0 Å².